The van der Waals surface area contributed by atoms with Crippen molar-refractivity contribution in [3.05, 3.63) is 64.9 Å². The van der Waals surface area contributed by atoms with Crippen molar-refractivity contribution in [2.75, 3.05) is 5.32 Å². The van der Waals surface area contributed by atoms with Crippen LogP contribution in [0.5, 0.6) is 11.5 Å². The van der Waals surface area contributed by atoms with Crippen LogP contribution in [0.2, 0.25) is 5.02 Å². The zero-order valence-corrected chi connectivity index (χ0v) is 16.7. The minimum absolute atomic E-state index is 0.225. The fraction of sp³-hybridized carbons (Fsp3) is 0.273. The molecule has 1 amide bonds. The first kappa shape index (κ1) is 18.1. The van der Waals surface area contributed by atoms with E-state index in [9.17, 15) is 4.79 Å². The number of carbonyl (C=O) groups is 1. The molecule has 0 unspecified atom stereocenters. The molecule has 1 aromatic heterocycles. The Morgan fingerprint density at radius 3 is 2.59 bits per heavy atom. The minimum Gasteiger partial charge on any atom is -0.448 e. The van der Waals surface area contributed by atoms with Gasteiger partial charge in [-0.1, -0.05) is 11.6 Å². The molecule has 0 saturated heterocycles. The van der Waals surface area contributed by atoms with Gasteiger partial charge in [-0.3, -0.25) is 4.79 Å². The van der Waals surface area contributed by atoms with Crippen LogP contribution in [-0.2, 0) is 0 Å². The number of nitrogens with zero attached hydrogens (tertiary/aromatic N) is 2. The monoisotopic (exact) mass is 409 g/mol. The van der Waals surface area contributed by atoms with Gasteiger partial charge in [0.25, 0.3) is 11.7 Å². The molecule has 1 saturated carbocycles. The lowest BCUT2D eigenvalue weighted by Gasteiger charge is -2.21. The Morgan fingerprint density at radius 2 is 1.83 bits per heavy atom. The van der Waals surface area contributed by atoms with Crippen molar-refractivity contribution in [2.24, 2.45) is 0 Å². The van der Waals surface area contributed by atoms with Gasteiger partial charge in [0.1, 0.15) is 0 Å². The largest absolute Gasteiger partial charge is 0.448 e. The molecule has 5 rings (SSSR count). The van der Waals surface area contributed by atoms with Crippen molar-refractivity contribution in [2.45, 2.75) is 38.4 Å². The third-order valence-electron chi connectivity index (χ3n) is 5.48. The second-order valence-electron chi connectivity index (χ2n) is 7.47. The zero-order chi connectivity index (χ0) is 20.0. The summed E-state index contributed by atoms with van der Waals surface area (Å²) in [7, 11) is 0. The van der Waals surface area contributed by atoms with Crippen LogP contribution in [0.1, 0.15) is 41.7 Å². The second kappa shape index (κ2) is 6.81. The summed E-state index contributed by atoms with van der Waals surface area (Å²) in [6, 6.07) is 12.8. The van der Waals surface area contributed by atoms with Gasteiger partial charge in [0.15, 0.2) is 11.5 Å². The molecule has 2 aromatic carbocycles. The number of nitrogens with one attached hydrogen (secondary N) is 1. The van der Waals surface area contributed by atoms with Crippen molar-refractivity contribution < 1.29 is 14.3 Å². The summed E-state index contributed by atoms with van der Waals surface area (Å²) >= 11 is 5.95. The minimum atomic E-state index is -0.513. The highest BCUT2D eigenvalue weighted by atomic mass is 35.5. The predicted octanol–water partition coefficient (Wildman–Crippen LogP) is 5.13. The Balaban J connectivity index is 1.35. The van der Waals surface area contributed by atoms with Gasteiger partial charge in [-0.25, -0.2) is 4.68 Å². The summed E-state index contributed by atoms with van der Waals surface area (Å²) in [5.41, 5.74) is 2.75. The van der Waals surface area contributed by atoms with Crippen LogP contribution in [0.15, 0.2) is 48.7 Å². The highest BCUT2D eigenvalue weighted by Gasteiger charge is 2.44. The molecule has 7 heteroatoms. The van der Waals surface area contributed by atoms with Gasteiger partial charge < -0.3 is 14.8 Å². The van der Waals surface area contributed by atoms with E-state index >= 15 is 0 Å². The predicted molar refractivity (Wildman–Crippen MR) is 110 cm³/mol. The zero-order valence-electron chi connectivity index (χ0n) is 15.9. The average Bonchev–Trinajstić information content (AvgIpc) is 3.41. The number of halogens is 1. The van der Waals surface area contributed by atoms with Crippen LogP contribution in [0.4, 0.5) is 5.69 Å². The molecule has 1 fully saturated rings. The SMILES string of the molecule is Cc1c(C(=O)Nc2ccc3c(c2)OC2(CCCC2)O3)cnn1-c1ccc(Cl)cc1. The third-order valence-corrected chi connectivity index (χ3v) is 5.74. The maximum Gasteiger partial charge on any atom is 0.259 e. The first-order valence-electron chi connectivity index (χ1n) is 9.67. The fourth-order valence-electron chi connectivity index (χ4n) is 3.96. The molecule has 1 spiro atoms. The maximum absolute atomic E-state index is 12.8. The van der Waals surface area contributed by atoms with Crippen molar-refractivity contribution >= 4 is 23.2 Å². The summed E-state index contributed by atoms with van der Waals surface area (Å²) in [6.45, 7) is 1.86. The Morgan fingerprint density at radius 1 is 1.10 bits per heavy atom. The van der Waals surface area contributed by atoms with Crippen LogP contribution in [0, 0.1) is 6.92 Å². The van der Waals surface area contributed by atoms with E-state index in [0.29, 0.717) is 22.0 Å². The van der Waals surface area contributed by atoms with E-state index in [2.05, 4.69) is 10.4 Å². The van der Waals surface area contributed by atoms with Gasteiger partial charge in [-0.15, -0.1) is 0 Å². The number of carbonyl (C=O) groups excluding carboxylic acids is 1. The van der Waals surface area contributed by atoms with Gasteiger partial charge >= 0.3 is 0 Å². The summed E-state index contributed by atoms with van der Waals surface area (Å²) in [5.74, 6) is 0.674. The van der Waals surface area contributed by atoms with Crippen molar-refractivity contribution in [3.63, 3.8) is 0 Å². The van der Waals surface area contributed by atoms with Gasteiger partial charge in [0.2, 0.25) is 0 Å². The quantitative estimate of drug-likeness (QED) is 0.651. The summed E-state index contributed by atoms with van der Waals surface area (Å²) in [4.78, 5) is 12.8. The Bertz CT molecular complexity index is 1090. The number of rotatable bonds is 3. The molecule has 3 aromatic rings. The van der Waals surface area contributed by atoms with Gasteiger partial charge in [0.05, 0.1) is 23.1 Å². The topological polar surface area (TPSA) is 65.4 Å². The summed E-state index contributed by atoms with van der Waals surface area (Å²) in [6.07, 6.45) is 5.57. The lowest BCUT2D eigenvalue weighted by molar-refractivity contribution is -0.0716. The van der Waals surface area contributed by atoms with E-state index in [1.807, 2.05) is 37.3 Å². The third kappa shape index (κ3) is 3.23. The molecular weight excluding hydrogens is 390 g/mol. The van der Waals surface area contributed by atoms with Crippen LogP contribution < -0.4 is 14.8 Å². The molecule has 0 bridgehead atoms. The molecule has 2 heterocycles. The number of hydrogen-bond donors (Lipinski definition) is 1. The molecule has 1 aliphatic heterocycles. The van der Waals surface area contributed by atoms with E-state index < -0.39 is 5.79 Å². The molecule has 148 valence electrons. The Kier molecular flexibility index (Phi) is 4.24. The lowest BCUT2D eigenvalue weighted by atomic mass is 10.2. The highest BCUT2D eigenvalue weighted by Crippen LogP contribution is 2.47. The van der Waals surface area contributed by atoms with E-state index in [1.54, 1.807) is 23.0 Å². The van der Waals surface area contributed by atoms with Crippen LogP contribution in [0.25, 0.3) is 5.69 Å². The van der Waals surface area contributed by atoms with E-state index in [4.69, 9.17) is 21.1 Å². The molecule has 1 N–H and O–H groups in total. The van der Waals surface area contributed by atoms with E-state index in [0.717, 1.165) is 42.8 Å². The van der Waals surface area contributed by atoms with E-state index in [-0.39, 0.29) is 5.91 Å². The Labute approximate surface area is 173 Å². The van der Waals surface area contributed by atoms with E-state index in [1.165, 1.54) is 0 Å². The number of ether oxygens (including phenoxy) is 2. The normalized spacial score (nSPS) is 16.3. The lowest BCUT2D eigenvalue weighted by Crippen LogP contribution is -2.34. The fourth-order valence-corrected chi connectivity index (χ4v) is 4.09. The number of amides is 1. The highest BCUT2D eigenvalue weighted by molar-refractivity contribution is 6.30. The molecule has 0 atom stereocenters. The molecule has 6 nitrogen and oxygen atoms in total. The van der Waals surface area contributed by atoms with Crippen LogP contribution >= 0.6 is 11.6 Å². The van der Waals surface area contributed by atoms with Gasteiger partial charge in [0, 0.05) is 29.6 Å². The number of fused-ring (bicyclic) bond motifs is 1. The summed E-state index contributed by atoms with van der Waals surface area (Å²) < 4.78 is 13.8. The number of hydrogen-bond acceptors (Lipinski definition) is 4. The number of aromatic nitrogens is 2. The average molecular weight is 410 g/mol. The maximum atomic E-state index is 12.8. The van der Waals surface area contributed by atoms with Crippen LogP contribution in [0.3, 0.4) is 0 Å². The smallest absolute Gasteiger partial charge is 0.259 e. The second-order valence-corrected chi connectivity index (χ2v) is 7.91. The number of anilines is 1. The van der Waals surface area contributed by atoms with Gasteiger partial charge in [-0.2, -0.15) is 5.10 Å². The molecule has 0 radical (unpaired) electrons. The van der Waals surface area contributed by atoms with Gasteiger partial charge in [-0.05, 0) is 56.2 Å². The standard InChI is InChI=1S/C22H20ClN3O3/c1-14-18(13-24-26(14)17-7-4-15(23)5-8-17)21(27)25-16-6-9-19-20(12-16)29-22(28-19)10-2-3-11-22/h4-9,12-13H,2-3,10-11H2,1H3,(H,25,27). The first-order valence-corrected chi connectivity index (χ1v) is 10.0. The number of benzene rings is 2. The molecule has 1 aliphatic carbocycles. The molecule has 29 heavy (non-hydrogen) atoms. The van der Waals surface area contributed by atoms with Crippen molar-refractivity contribution in [1.29, 1.82) is 0 Å². The van der Waals surface area contributed by atoms with Crippen LogP contribution in [-0.4, -0.2) is 21.5 Å². The Hall–Kier alpha value is -2.99. The first-order chi connectivity index (χ1) is 14.0. The molecule has 2 aliphatic rings. The van der Waals surface area contributed by atoms with Crippen molar-refractivity contribution in [1.82, 2.24) is 9.78 Å². The molecular formula is C22H20ClN3O3. The van der Waals surface area contributed by atoms with Crippen molar-refractivity contribution in [3.8, 4) is 17.2 Å². The summed E-state index contributed by atoms with van der Waals surface area (Å²) in [5, 5.41) is 7.94.